The van der Waals surface area contributed by atoms with E-state index < -0.39 is 10.0 Å². The Balaban J connectivity index is 1.65. The lowest BCUT2D eigenvalue weighted by Gasteiger charge is -2.19. The van der Waals surface area contributed by atoms with Gasteiger partial charge in [0.2, 0.25) is 10.0 Å². The summed E-state index contributed by atoms with van der Waals surface area (Å²) >= 11 is 0. The summed E-state index contributed by atoms with van der Waals surface area (Å²) in [7, 11) is -2.10. The van der Waals surface area contributed by atoms with Crippen LogP contribution in [0.2, 0.25) is 0 Å². The molecule has 1 aromatic heterocycles. The number of para-hydroxylation sites is 1. The summed E-state index contributed by atoms with van der Waals surface area (Å²) < 4.78 is 29.5. The Bertz CT molecular complexity index is 1450. The van der Waals surface area contributed by atoms with E-state index in [0.717, 1.165) is 22.9 Å². The van der Waals surface area contributed by atoms with Gasteiger partial charge in [0.05, 0.1) is 23.2 Å². The van der Waals surface area contributed by atoms with Crippen molar-refractivity contribution in [3.63, 3.8) is 0 Å². The number of H-pyrrole nitrogens is 1. The van der Waals surface area contributed by atoms with Gasteiger partial charge in [0.1, 0.15) is 5.75 Å². The number of aromatic amines is 1. The third-order valence-corrected chi connectivity index (χ3v) is 6.39. The molecule has 176 valence electrons. The van der Waals surface area contributed by atoms with Crippen LogP contribution in [0.4, 0.5) is 0 Å². The molecule has 1 amide bonds. The van der Waals surface area contributed by atoms with Gasteiger partial charge in [-0.25, -0.2) is 13.6 Å². The molecule has 0 bridgehead atoms. The van der Waals surface area contributed by atoms with Crippen molar-refractivity contribution in [3.8, 4) is 16.9 Å². The number of benzene rings is 3. The number of carbonyl (C=O) groups is 1. The van der Waals surface area contributed by atoms with Gasteiger partial charge in [-0.15, -0.1) is 0 Å². The summed E-state index contributed by atoms with van der Waals surface area (Å²) in [6.07, 6.45) is 2.53. The number of hydrogen-bond acceptors (Lipinski definition) is 5. The van der Waals surface area contributed by atoms with E-state index in [1.165, 1.54) is 12.1 Å². The van der Waals surface area contributed by atoms with Crippen LogP contribution in [-0.4, -0.2) is 43.1 Å². The lowest BCUT2D eigenvalue weighted by molar-refractivity contribution is 0.0785. The van der Waals surface area contributed by atoms with Gasteiger partial charge < -0.3 is 9.64 Å². The van der Waals surface area contributed by atoms with E-state index in [0.29, 0.717) is 35.6 Å². The minimum atomic E-state index is -3.85. The molecule has 0 aliphatic heterocycles. The topological polar surface area (TPSA) is 118 Å². The van der Waals surface area contributed by atoms with E-state index >= 15 is 0 Å². The number of nitrogens with two attached hydrogens (primary N) is 1. The van der Waals surface area contributed by atoms with Gasteiger partial charge >= 0.3 is 0 Å². The van der Waals surface area contributed by atoms with Crippen molar-refractivity contribution in [3.05, 3.63) is 78.0 Å². The van der Waals surface area contributed by atoms with Crippen molar-refractivity contribution < 1.29 is 17.9 Å². The number of amides is 1. The first kappa shape index (κ1) is 23.5. The zero-order valence-electron chi connectivity index (χ0n) is 19.0. The maximum absolute atomic E-state index is 13.2. The highest BCUT2D eigenvalue weighted by Gasteiger charge is 2.18. The monoisotopic (exact) mass is 478 g/mol. The van der Waals surface area contributed by atoms with Gasteiger partial charge in [0.25, 0.3) is 5.91 Å². The first-order valence-corrected chi connectivity index (χ1v) is 12.4. The second kappa shape index (κ2) is 9.66. The minimum absolute atomic E-state index is 0.0132. The highest BCUT2D eigenvalue weighted by Crippen LogP contribution is 2.33. The van der Waals surface area contributed by atoms with Crippen LogP contribution in [0, 0.1) is 0 Å². The molecule has 4 rings (SSSR count). The molecule has 0 atom stereocenters. The molecule has 1 heterocycles. The number of hydrogen-bond donors (Lipinski definition) is 2. The molecule has 0 saturated heterocycles. The second-order valence-electron chi connectivity index (χ2n) is 8.04. The maximum atomic E-state index is 13.2. The third kappa shape index (κ3) is 4.95. The van der Waals surface area contributed by atoms with Gasteiger partial charge in [0.15, 0.2) is 0 Å². The normalized spacial score (nSPS) is 11.5. The number of primary sulfonamides is 1. The Morgan fingerprint density at radius 1 is 1.12 bits per heavy atom. The van der Waals surface area contributed by atoms with E-state index in [9.17, 15) is 13.2 Å². The smallest absolute Gasteiger partial charge is 0.254 e. The molecule has 0 aliphatic carbocycles. The lowest BCUT2D eigenvalue weighted by atomic mass is 10.0. The molecule has 0 aliphatic rings. The van der Waals surface area contributed by atoms with Crippen LogP contribution >= 0.6 is 0 Å². The average molecular weight is 479 g/mol. The number of nitrogens with one attached hydrogen (secondary N) is 1. The van der Waals surface area contributed by atoms with Crippen LogP contribution in [0.15, 0.2) is 71.8 Å². The summed E-state index contributed by atoms with van der Waals surface area (Å²) in [4.78, 5) is 14.9. The van der Waals surface area contributed by atoms with E-state index in [1.807, 2.05) is 25.1 Å². The van der Waals surface area contributed by atoms with Gasteiger partial charge in [-0.1, -0.05) is 37.3 Å². The Kier molecular flexibility index (Phi) is 6.67. The minimum Gasteiger partial charge on any atom is -0.493 e. The van der Waals surface area contributed by atoms with E-state index in [4.69, 9.17) is 9.88 Å². The predicted octanol–water partition coefficient (Wildman–Crippen LogP) is 3.94. The first-order chi connectivity index (χ1) is 16.3. The average Bonchev–Trinajstić information content (AvgIpc) is 3.31. The molecule has 4 aromatic rings. The molecule has 0 fully saturated rings. The SMILES string of the molecule is CCCOc1cc(C(=O)N(C)Cc2cccc3cn[nH]c23)ccc1-c1cccc(S(N)(=O)=O)c1. The number of carbonyl (C=O) groups excluding carboxylic acids is 1. The highest BCUT2D eigenvalue weighted by atomic mass is 32.2. The number of sulfonamides is 1. The quantitative estimate of drug-likeness (QED) is 0.398. The van der Waals surface area contributed by atoms with Crippen LogP contribution in [-0.2, 0) is 16.6 Å². The first-order valence-electron chi connectivity index (χ1n) is 10.8. The third-order valence-electron chi connectivity index (χ3n) is 5.48. The number of rotatable bonds is 8. The van der Waals surface area contributed by atoms with Crippen molar-refractivity contribution >= 4 is 26.8 Å². The largest absolute Gasteiger partial charge is 0.493 e. The van der Waals surface area contributed by atoms with Crippen LogP contribution in [0.3, 0.4) is 0 Å². The summed E-state index contributed by atoms with van der Waals surface area (Å²) in [5, 5.41) is 13.3. The Morgan fingerprint density at radius 2 is 1.91 bits per heavy atom. The van der Waals surface area contributed by atoms with Crippen LogP contribution in [0.5, 0.6) is 5.75 Å². The van der Waals surface area contributed by atoms with Crippen molar-refractivity contribution in [2.24, 2.45) is 5.14 Å². The Labute approximate surface area is 198 Å². The van der Waals surface area contributed by atoms with Gasteiger partial charge in [-0.3, -0.25) is 9.89 Å². The lowest BCUT2D eigenvalue weighted by Crippen LogP contribution is -2.26. The summed E-state index contributed by atoms with van der Waals surface area (Å²) in [6.45, 7) is 2.85. The van der Waals surface area contributed by atoms with Crippen molar-refractivity contribution in [1.82, 2.24) is 15.1 Å². The molecular formula is C25H26N4O4S. The van der Waals surface area contributed by atoms with Gasteiger partial charge in [-0.05, 0) is 47.9 Å². The van der Waals surface area contributed by atoms with Crippen LogP contribution in [0.25, 0.3) is 22.0 Å². The fraction of sp³-hybridized carbons (Fsp3) is 0.200. The van der Waals surface area contributed by atoms with Crippen molar-refractivity contribution in [2.75, 3.05) is 13.7 Å². The fourth-order valence-electron chi connectivity index (χ4n) is 3.78. The van der Waals surface area contributed by atoms with Crippen LogP contribution < -0.4 is 9.88 Å². The zero-order valence-corrected chi connectivity index (χ0v) is 19.8. The number of aromatic nitrogens is 2. The molecule has 34 heavy (non-hydrogen) atoms. The van der Waals surface area contributed by atoms with Gasteiger partial charge in [-0.2, -0.15) is 5.10 Å². The predicted molar refractivity (Wildman–Crippen MR) is 131 cm³/mol. The van der Waals surface area contributed by atoms with E-state index in [1.54, 1.807) is 48.5 Å². The molecule has 0 spiro atoms. The number of ether oxygens (including phenoxy) is 1. The molecular weight excluding hydrogens is 452 g/mol. The molecule has 0 radical (unpaired) electrons. The van der Waals surface area contributed by atoms with E-state index in [-0.39, 0.29) is 10.8 Å². The molecule has 0 unspecified atom stereocenters. The standard InChI is InChI=1S/C25H26N4O4S/c1-3-12-33-23-14-18(10-11-22(23)17-6-5-9-21(13-17)34(26,31)32)25(30)29(2)16-20-8-4-7-19-15-27-28-24(19)20/h4-11,13-15H,3,12,16H2,1-2H3,(H,27,28)(H2,26,31,32). The zero-order chi connectivity index (χ0) is 24.3. The van der Waals surface area contributed by atoms with Crippen molar-refractivity contribution in [2.45, 2.75) is 24.8 Å². The molecule has 8 nitrogen and oxygen atoms in total. The Morgan fingerprint density at radius 3 is 2.68 bits per heavy atom. The van der Waals surface area contributed by atoms with Crippen LogP contribution in [0.1, 0.15) is 29.3 Å². The molecule has 3 aromatic carbocycles. The van der Waals surface area contributed by atoms with Crippen molar-refractivity contribution in [1.29, 1.82) is 0 Å². The molecule has 9 heteroatoms. The molecule has 3 N–H and O–H groups in total. The maximum Gasteiger partial charge on any atom is 0.254 e. The summed E-state index contributed by atoms with van der Waals surface area (Å²) in [5.41, 5.74) is 3.65. The number of nitrogens with zero attached hydrogens (tertiary/aromatic N) is 2. The summed E-state index contributed by atoms with van der Waals surface area (Å²) in [6, 6.07) is 17.4. The van der Waals surface area contributed by atoms with E-state index in [2.05, 4.69) is 10.2 Å². The molecule has 0 saturated carbocycles. The summed E-state index contributed by atoms with van der Waals surface area (Å²) in [5.74, 6) is 0.339. The second-order valence-corrected chi connectivity index (χ2v) is 9.61. The highest BCUT2D eigenvalue weighted by molar-refractivity contribution is 7.89. The number of fused-ring (bicyclic) bond motifs is 1. The Hall–Kier alpha value is -3.69. The van der Waals surface area contributed by atoms with Gasteiger partial charge in [0, 0.05) is 30.1 Å². The fourth-order valence-corrected chi connectivity index (χ4v) is 4.34.